The van der Waals surface area contributed by atoms with Gasteiger partial charge in [-0.2, -0.15) is 0 Å². The molecule has 0 amide bonds. The van der Waals surface area contributed by atoms with Crippen molar-refractivity contribution >= 4 is 0 Å². The Bertz CT molecular complexity index is 508. The fourth-order valence-electron chi connectivity index (χ4n) is 7.74. The highest BCUT2D eigenvalue weighted by Gasteiger charge is 3.07. The van der Waals surface area contributed by atoms with Gasteiger partial charge in [0.05, 0.1) is 0 Å². The van der Waals surface area contributed by atoms with Gasteiger partial charge in [-0.05, 0) is 25.7 Å². The highest BCUT2D eigenvalue weighted by Crippen LogP contribution is 2.87. The van der Waals surface area contributed by atoms with Gasteiger partial charge in [0.25, 0.3) is 0 Å². The molecule has 2 spiro atoms. The van der Waals surface area contributed by atoms with Crippen LogP contribution in [-0.2, 0) is 0 Å². The zero-order chi connectivity index (χ0) is 17.2. The maximum Gasteiger partial charge on any atom is 0.134 e. The second-order valence-electron chi connectivity index (χ2n) is 9.16. The van der Waals surface area contributed by atoms with Crippen LogP contribution >= 0.6 is 0 Å². The van der Waals surface area contributed by atoms with Gasteiger partial charge in [-0.1, -0.05) is 38.5 Å². The van der Waals surface area contributed by atoms with E-state index in [-0.39, 0.29) is 0 Å². The molecule has 136 valence electrons. The molecule has 0 aromatic rings. The lowest BCUT2D eigenvalue weighted by molar-refractivity contribution is -0.223. The Labute approximate surface area is 141 Å². The lowest BCUT2D eigenvalue weighted by Crippen LogP contribution is -2.63. The minimum atomic E-state index is -1.94. The molecule has 0 bridgehead atoms. The summed E-state index contributed by atoms with van der Waals surface area (Å²) in [5.41, 5.74) is -9.81. The average molecular weight is 340 g/mol. The summed E-state index contributed by atoms with van der Waals surface area (Å²) >= 11 is 0. The first-order valence-electron chi connectivity index (χ1n) is 9.48. The van der Waals surface area contributed by atoms with Crippen LogP contribution in [0.4, 0.5) is 0 Å². The Kier molecular flexibility index (Phi) is 2.68. The summed E-state index contributed by atoms with van der Waals surface area (Å²) in [5, 5.41) is 67.1. The largest absolute Gasteiger partial charge is 0.387 e. The van der Waals surface area contributed by atoms with Crippen molar-refractivity contribution in [1.82, 2.24) is 0 Å². The normalized spacial score (nSPS) is 59.8. The second-order valence-corrected chi connectivity index (χ2v) is 9.16. The number of hydrogen-bond donors (Lipinski definition) is 6. The third-order valence-corrected chi connectivity index (χ3v) is 8.95. The monoisotopic (exact) mass is 340 g/mol. The van der Waals surface area contributed by atoms with Gasteiger partial charge in [-0.15, -0.1) is 0 Å². The quantitative estimate of drug-likeness (QED) is 0.356. The topological polar surface area (TPSA) is 121 Å². The highest BCUT2D eigenvalue weighted by molar-refractivity contribution is 5.57. The summed E-state index contributed by atoms with van der Waals surface area (Å²) in [6.07, 6.45) is 3.85. The Morgan fingerprint density at radius 2 is 0.708 bits per heavy atom. The first-order chi connectivity index (χ1) is 11.2. The van der Waals surface area contributed by atoms with Crippen LogP contribution in [0.1, 0.15) is 64.2 Å². The molecule has 5 aliphatic carbocycles. The van der Waals surface area contributed by atoms with Crippen LogP contribution < -0.4 is 0 Å². The Hall–Kier alpha value is -0.240. The molecule has 6 heteroatoms. The molecule has 24 heavy (non-hydrogen) atoms. The van der Waals surface area contributed by atoms with Crippen LogP contribution in [0.5, 0.6) is 0 Å². The Morgan fingerprint density at radius 3 is 0.958 bits per heavy atom. The van der Waals surface area contributed by atoms with Crippen LogP contribution in [0.25, 0.3) is 0 Å². The van der Waals surface area contributed by atoms with E-state index in [4.69, 9.17) is 0 Å². The predicted molar refractivity (Wildman–Crippen MR) is 82.8 cm³/mol. The SMILES string of the molecule is OC1C2(O)C3(CCCCC3)C2(O)C(O)C2(O)C3(CCCCC3)C12O. The van der Waals surface area contributed by atoms with Gasteiger partial charge >= 0.3 is 0 Å². The zero-order valence-electron chi connectivity index (χ0n) is 13.9. The molecule has 0 heterocycles. The van der Waals surface area contributed by atoms with E-state index in [9.17, 15) is 30.6 Å². The van der Waals surface area contributed by atoms with Crippen LogP contribution in [-0.4, -0.2) is 65.3 Å². The third-order valence-electron chi connectivity index (χ3n) is 8.95. The van der Waals surface area contributed by atoms with Gasteiger partial charge in [0.1, 0.15) is 34.6 Å². The van der Waals surface area contributed by atoms with Gasteiger partial charge in [0, 0.05) is 10.8 Å². The molecule has 6 N–H and O–H groups in total. The molecule has 5 aliphatic rings. The number of hydrogen-bond acceptors (Lipinski definition) is 6. The fraction of sp³-hybridized carbons (Fsp3) is 1.00. The standard InChI is InChI=1S/C18H28O6/c19-11-15(21)13(7-3-1-4-8-13)16(15,22)12(20)18(24)14(17(11,18)23)9-5-2-6-10-14/h11-12,19-24H,1-10H2. The van der Waals surface area contributed by atoms with Crippen molar-refractivity contribution in [3.05, 3.63) is 0 Å². The number of rotatable bonds is 0. The Morgan fingerprint density at radius 1 is 0.458 bits per heavy atom. The van der Waals surface area contributed by atoms with Gasteiger partial charge in [0.2, 0.25) is 0 Å². The molecular weight excluding hydrogens is 312 g/mol. The summed E-state index contributed by atoms with van der Waals surface area (Å²) in [5.74, 6) is 0. The molecule has 4 unspecified atom stereocenters. The summed E-state index contributed by atoms with van der Waals surface area (Å²) in [4.78, 5) is 0. The van der Waals surface area contributed by atoms with E-state index in [0.717, 1.165) is 38.5 Å². The van der Waals surface area contributed by atoms with E-state index in [0.29, 0.717) is 25.7 Å². The smallest absolute Gasteiger partial charge is 0.134 e. The minimum Gasteiger partial charge on any atom is -0.387 e. The van der Waals surface area contributed by atoms with Crippen molar-refractivity contribution in [3.8, 4) is 0 Å². The van der Waals surface area contributed by atoms with E-state index >= 15 is 0 Å². The van der Waals surface area contributed by atoms with Crippen LogP contribution in [0.2, 0.25) is 0 Å². The zero-order valence-corrected chi connectivity index (χ0v) is 13.9. The molecule has 0 radical (unpaired) electrons. The number of aliphatic hydroxyl groups is 6. The molecule has 5 rings (SSSR count). The molecule has 5 fully saturated rings. The number of aliphatic hydroxyl groups excluding tert-OH is 2. The maximum atomic E-state index is 11.3. The average Bonchev–Trinajstić information content (AvgIpc) is 3.23. The minimum absolute atomic E-state index is 0.493. The summed E-state index contributed by atoms with van der Waals surface area (Å²) in [6, 6.07) is 0. The molecule has 6 nitrogen and oxygen atoms in total. The Balaban J connectivity index is 1.64. The van der Waals surface area contributed by atoms with E-state index in [2.05, 4.69) is 0 Å². The molecule has 4 atom stereocenters. The van der Waals surface area contributed by atoms with Crippen molar-refractivity contribution in [2.45, 2.75) is 98.8 Å². The third kappa shape index (κ3) is 1.07. The van der Waals surface area contributed by atoms with Crippen molar-refractivity contribution < 1.29 is 30.6 Å². The van der Waals surface area contributed by atoms with Crippen LogP contribution in [0.15, 0.2) is 0 Å². The lowest BCUT2D eigenvalue weighted by Gasteiger charge is -2.37. The number of fused-ring (bicyclic) bond motifs is 6. The summed E-state index contributed by atoms with van der Waals surface area (Å²) in [7, 11) is 0. The first kappa shape index (κ1) is 16.0. The van der Waals surface area contributed by atoms with Crippen molar-refractivity contribution in [2.24, 2.45) is 10.8 Å². The van der Waals surface area contributed by atoms with Crippen molar-refractivity contribution in [3.63, 3.8) is 0 Å². The van der Waals surface area contributed by atoms with Gasteiger partial charge < -0.3 is 30.6 Å². The second kappa shape index (κ2) is 4.02. The maximum absolute atomic E-state index is 11.3. The van der Waals surface area contributed by atoms with Crippen molar-refractivity contribution in [1.29, 1.82) is 0 Å². The van der Waals surface area contributed by atoms with Crippen LogP contribution in [0.3, 0.4) is 0 Å². The predicted octanol–water partition coefficient (Wildman–Crippen LogP) is -0.426. The molecule has 5 saturated carbocycles. The van der Waals surface area contributed by atoms with E-state index in [1.807, 2.05) is 0 Å². The lowest BCUT2D eigenvalue weighted by atomic mass is 9.76. The molecule has 0 aliphatic heterocycles. The molecular formula is C18H28O6. The summed E-state index contributed by atoms with van der Waals surface area (Å²) in [6.45, 7) is 0. The van der Waals surface area contributed by atoms with Crippen molar-refractivity contribution in [2.75, 3.05) is 0 Å². The van der Waals surface area contributed by atoms with Gasteiger partial charge in [0.15, 0.2) is 0 Å². The summed E-state index contributed by atoms with van der Waals surface area (Å²) < 4.78 is 0. The van der Waals surface area contributed by atoms with E-state index in [1.54, 1.807) is 0 Å². The first-order valence-corrected chi connectivity index (χ1v) is 9.48. The molecule has 0 aromatic carbocycles. The van der Waals surface area contributed by atoms with E-state index < -0.39 is 45.4 Å². The molecule has 0 aromatic heterocycles. The van der Waals surface area contributed by atoms with Crippen LogP contribution in [0, 0.1) is 10.8 Å². The molecule has 0 saturated heterocycles. The van der Waals surface area contributed by atoms with Gasteiger partial charge in [-0.3, -0.25) is 0 Å². The van der Waals surface area contributed by atoms with Gasteiger partial charge in [-0.25, -0.2) is 0 Å². The fourth-order valence-corrected chi connectivity index (χ4v) is 7.74. The van der Waals surface area contributed by atoms with E-state index in [1.165, 1.54) is 0 Å². The highest BCUT2D eigenvalue weighted by atomic mass is 16.5.